The molecule has 0 bridgehead atoms. The molecule has 0 atom stereocenters. The third-order valence-corrected chi connectivity index (χ3v) is 3.66. The van der Waals surface area contributed by atoms with Gasteiger partial charge in [-0.25, -0.2) is 0 Å². The summed E-state index contributed by atoms with van der Waals surface area (Å²) in [4.78, 5) is 0. The zero-order valence-corrected chi connectivity index (χ0v) is 10.6. The molecule has 1 aromatic rings. The predicted octanol–water partition coefficient (Wildman–Crippen LogP) is 3.12. The van der Waals surface area contributed by atoms with E-state index in [9.17, 15) is 0 Å². The number of nitrogens with two attached hydrogens (primary N) is 1. The van der Waals surface area contributed by atoms with Crippen LogP contribution in [-0.4, -0.2) is 12.6 Å². The molecule has 2 nitrogen and oxygen atoms in total. The third kappa shape index (κ3) is 4.39. The minimum atomic E-state index is 0.787. The standard InChI is InChI=1S/C15H24N2/c16-14-10-8-13(9-11-14)5-4-12-17-15-6-2-1-3-7-15/h8-11,15,17H,1-7,12,16H2. The Morgan fingerprint density at radius 2 is 1.76 bits per heavy atom. The van der Waals surface area contributed by atoms with E-state index < -0.39 is 0 Å². The lowest BCUT2D eigenvalue weighted by atomic mass is 9.95. The van der Waals surface area contributed by atoms with Crippen LogP contribution < -0.4 is 11.1 Å². The second kappa shape index (κ2) is 6.65. The zero-order valence-electron chi connectivity index (χ0n) is 10.6. The zero-order chi connectivity index (χ0) is 11.9. The van der Waals surface area contributed by atoms with Gasteiger partial charge in [0.15, 0.2) is 0 Å². The number of benzene rings is 1. The Labute approximate surface area is 105 Å². The summed E-state index contributed by atoms with van der Waals surface area (Å²) in [5.41, 5.74) is 7.92. The second-order valence-corrected chi connectivity index (χ2v) is 5.13. The number of nitrogen functional groups attached to an aromatic ring is 1. The van der Waals surface area contributed by atoms with E-state index in [1.54, 1.807) is 0 Å². The summed E-state index contributed by atoms with van der Waals surface area (Å²) in [5.74, 6) is 0. The largest absolute Gasteiger partial charge is 0.399 e. The van der Waals surface area contributed by atoms with Gasteiger partial charge >= 0.3 is 0 Å². The molecule has 1 aliphatic rings. The highest BCUT2D eigenvalue weighted by atomic mass is 14.9. The highest BCUT2D eigenvalue weighted by Crippen LogP contribution is 2.17. The molecule has 0 saturated heterocycles. The van der Waals surface area contributed by atoms with Gasteiger partial charge in [0.05, 0.1) is 0 Å². The van der Waals surface area contributed by atoms with Crippen molar-refractivity contribution in [3.05, 3.63) is 29.8 Å². The molecule has 3 N–H and O–H groups in total. The van der Waals surface area contributed by atoms with E-state index in [1.165, 1.54) is 44.1 Å². The van der Waals surface area contributed by atoms with Crippen LogP contribution in [0, 0.1) is 0 Å². The number of hydrogen-bond donors (Lipinski definition) is 2. The molecule has 17 heavy (non-hydrogen) atoms. The average molecular weight is 232 g/mol. The van der Waals surface area contributed by atoms with Gasteiger partial charge in [0, 0.05) is 11.7 Å². The van der Waals surface area contributed by atoms with Crippen molar-refractivity contribution in [3.8, 4) is 0 Å². The first-order valence-electron chi connectivity index (χ1n) is 6.92. The van der Waals surface area contributed by atoms with E-state index in [4.69, 9.17) is 5.73 Å². The fourth-order valence-corrected chi connectivity index (χ4v) is 2.59. The first-order valence-corrected chi connectivity index (χ1v) is 6.92. The lowest BCUT2D eigenvalue weighted by Gasteiger charge is -2.22. The van der Waals surface area contributed by atoms with E-state index >= 15 is 0 Å². The molecule has 1 fully saturated rings. The fraction of sp³-hybridized carbons (Fsp3) is 0.600. The maximum Gasteiger partial charge on any atom is 0.0314 e. The Kier molecular flexibility index (Phi) is 4.87. The number of nitrogens with one attached hydrogen (secondary N) is 1. The van der Waals surface area contributed by atoms with Gasteiger partial charge in [-0.15, -0.1) is 0 Å². The molecule has 1 aromatic carbocycles. The van der Waals surface area contributed by atoms with Gasteiger partial charge < -0.3 is 11.1 Å². The summed E-state index contributed by atoms with van der Waals surface area (Å²) >= 11 is 0. The normalized spacial score (nSPS) is 17.2. The quantitative estimate of drug-likeness (QED) is 0.604. The molecule has 1 saturated carbocycles. The molecule has 0 aliphatic heterocycles. The van der Waals surface area contributed by atoms with E-state index in [2.05, 4.69) is 17.4 Å². The number of anilines is 1. The van der Waals surface area contributed by atoms with Crippen LogP contribution in [0.5, 0.6) is 0 Å². The van der Waals surface area contributed by atoms with Gasteiger partial charge in [0.2, 0.25) is 0 Å². The Balaban J connectivity index is 1.60. The molecule has 0 aromatic heterocycles. The molecule has 0 heterocycles. The molecule has 2 rings (SSSR count). The van der Waals surface area contributed by atoms with Crippen molar-refractivity contribution in [2.75, 3.05) is 12.3 Å². The van der Waals surface area contributed by atoms with Crippen LogP contribution in [0.3, 0.4) is 0 Å². The first kappa shape index (κ1) is 12.4. The molecular weight excluding hydrogens is 208 g/mol. The lowest BCUT2D eigenvalue weighted by molar-refractivity contribution is 0.372. The highest BCUT2D eigenvalue weighted by molar-refractivity contribution is 5.39. The Hall–Kier alpha value is -1.02. The Bertz CT molecular complexity index is 312. The van der Waals surface area contributed by atoms with Gasteiger partial charge in [0.1, 0.15) is 0 Å². The van der Waals surface area contributed by atoms with Crippen molar-refractivity contribution < 1.29 is 0 Å². The van der Waals surface area contributed by atoms with Crippen LogP contribution in [0.2, 0.25) is 0 Å². The lowest BCUT2D eigenvalue weighted by Crippen LogP contribution is -2.31. The van der Waals surface area contributed by atoms with E-state index in [0.717, 1.165) is 24.7 Å². The van der Waals surface area contributed by atoms with E-state index in [0.29, 0.717) is 0 Å². The number of aryl methyl sites for hydroxylation is 1. The van der Waals surface area contributed by atoms with Crippen molar-refractivity contribution in [2.45, 2.75) is 51.0 Å². The van der Waals surface area contributed by atoms with Gasteiger partial charge in [-0.3, -0.25) is 0 Å². The molecule has 0 spiro atoms. The molecule has 94 valence electrons. The average Bonchev–Trinajstić information content (AvgIpc) is 2.38. The van der Waals surface area contributed by atoms with Crippen LogP contribution in [0.1, 0.15) is 44.1 Å². The summed E-state index contributed by atoms with van der Waals surface area (Å²) in [6.45, 7) is 1.15. The third-order valence-electron chi connectivity index (χ3n) is 3.66. The van der Waals surface area contributed by atoms with Crippen molar-refractivity contribution in [2.24, 2.45) is 0 Å². The summed E-state index contributed by atoms with van der Waals surface area (Å²) in [7, 11) is 0. The Morgan fingerprint density at radius 3 is 2.47 bits per heavy atom. The minimum Gasteiger partial charge on any atom is -0.399 e. The van der Waals surface area contributed by atoms with Gasteiger partial charge in [-0.1, -0.05) is 31.4 Å². The minimum absolute atomic E-state index is 0.787. The van der Waals surface area contributed by atoms with E-state index in [-0.39, 0.29) is 0 Å². The van der Waals surface area contributed by atoms with Crippen LogP contribution in [0.4, 0.5) is 5.69 Å². The van der Waals surface area contributed by atoms with Gasteiger partial charge in [-0.05, 0) is 49.9 Å². The molecule has 0 radical (unpaired) electrons. The summed E-state index contributed by atoms with van der Waals surface area (Å²) in [6, 6.07) is 9.04. The number of rotatable bonds is 5. The Morgan fingerprint density at radius 1 is 1.06 bits per heavy atom. The topological polar surface area (TPSA) is 38.0 Å². The van der Waals surface area contributed by atoms with Gasteiger partial charge in [-0.2, -0.15) is 0 Å². The smallest absolute Gasteiger partial charge is 0.0314 e. The van der Waals surface area contributed by atoms with Crippen LogP contribution in [0.25, 0.3) is 0 Å². The van der Waals surface area contributed by atoms with Gasteiger partial charge in [0.25, 0.3) is 0 Å². The molecule has 1 aliphatic carbocycles. The van der Waals surface area contributed by atoms with Crippen molar-refractivity contribution in [3.63, 3.8) is 0 Å². The predicted molar refractivity (Wildman–Crippen MR) is 74.1 cm³/mol. The van der Waals surface area contributed by atoms with Crippen molar-refractivity contribution in [1.29, 1.82) is 0 Å². The van der Waals surface area contributed by atoms with Crippen molar-refractivity contribution in [1.82, 2.24) is 5.32 Å². The van der Waals surface area contributed by atoms with Crippen molar-refractivity contribution >= 4 is 5.69 Å². The molecular formula is C15H24N2. The van der Waals surface area contributed by atoms with E-state index in [1.807, 2.05) is 12.1 Å². The summed E-state index contributed by atoms with van der Waals surface area (Å²) in [6.07, 6.45) is 9.39. The molecule has 0 unspecified atom stereocenters. The first-order chi connectivity index (χ1) is 8.34. The maximum atomic E-state index is 5.67. The summed E-state index contributed by atoms with van der Waals surface area (Å²) < 4.78 is 0. The van der Waals surface area contributed by atoms with Crippen LogP contribution in [0.15, 0.2) is 24.3 Å². The number of hydrogen-bond acceptors (Lipinski definition) is 2. The van der Waals surface area contributed by atoms with Crippen LogP contribution in [-0.2, 0) is 6.42 Å². The van der Waals surface area contributed by atoms with Crippen LogP contribution >= 0.6 is 0 Å². The fourth-order valence-electron chi connectivity index (χ4n) is 2.59. The maximum absolute atomic E-state index is 5.67. The summed E-state index contributed by atoms with van der Waals surface area (Å²) in [5, 5.41) is 3.68. The highest BCUT2D eigenvalue weighted by Gasteiger charge is 2.11. The monoisotopic (exact) mass is 232 g/mol. The molecule has 2 heteroatoms. The molecule has 0 amide bonds. The SMILES string of the molecule is Nc1ccc(CCCNC2CCCCC2)cc1. The second-order valence-electron chi connectivity index (χ2n) is 5.13.